The summed E-state index contributed by atoms with van der Waals surface area (Å²) in [4.78, 5) is 59.1. The summed E-state index contributed by atoms with van der Waals surface area (Å²) < 4.78 is 0. The zero-order valence-electron chi connectivity index (χ0n) is 26.1. The number of aliphatic imine (C=N–C) groups is 1. The molecular weight excluding hydrogens is 560 g/mol. The van der Waals surface area contributed by atoms with Crippen molar-refractivity contribution in [2.75, 3.05) is 0 Å². The Hall–Kier alpha value is -4.73. The predicted molar refractivity (Wildman–Crippen MR) is 169 cm³/mol. The number of nitrogens with one attached hydrogen (secondary N) is 3. The van der Waals surface area contributed by atoms with E-state index in [4.69, 9.17) is 0 Å². The maximum atomic E-state index is 12.6. The summed E-state index contributed by atoms with van der Waals surface area (Å²) in [6.45, 7) is 11.5. The van der Waals surface area contributed by atoms with Crippen LogP contribution >= 0.6 is 0 Å². The van der Waals surface area contributed by atoms with Crippen LogP contribution in [0, 0.1) is 19.8 Å². The van der Waals surface area contributed by atoms with Crippen LogP contribution in [0.2, 0.25) is 0 Å². The fourth-order valence-corrected chi connectivity index (χ4v) is 6.06. The molecule has 0 unspecified atom stereocenters. The van der Waals surface area contributed by atoms with E-state index in [1.165, 1.54) is 0 Å². The first kappa shape index (κ1) is 32.2. The molecule has 4 heterocycles. The molecule has 10 nitrogen and oxygen atoms in total. The topological polar surface area (TPSA) is 165 Å². The third-order valence-electron chi connectivity index (χ3n) is 8.59. The number of nitrogens with zero attached hydrogens (tertiary/aromatic N) is 1. The van der Waals surface area contributed by atoms with E-state index in [2.05, 4.69) is 20.3 Å². The first-order valence-electron chi connectivity index (χ1n) is 15.0. The lowest BCUT2D eigenvalue weighted by atomic mass is 9.96. The number of aliphatic carboxylic acids is 2. The SMILES string of the molecule is C/C=C1/C(=C/c2[nH]c(/C=c3\[nH]/c(=C\C4=NC(=O)C(CC)=C4C)c(C)c3CCC(=O)O)c(CCC(=O)O)c2C)NC(=O)[C@@H]1CC. The Morgan fingerprint density at radius 3 is 2.09 bits per heavy atom. The second-order valence-corrected chi connectivity index (χ2v) is 11.2. The van der Waals surface area contributed by atoms with E-state index in [0.29, 0.717) is 40.9 Å². The summed E-state index contributed by atoms with van der Waals surface area (Å²) in [6.07, 6.45) is 9.19. The molecular formula is C34H40N4O6. The van der Waals surface area contributed by atoms with Crippen molar-refractivity contribution in [3.63, 3.8) is 0 Å². The van der Waals surface area contributed by atoms with Crippen molar-refractivity contribution in [1.82, 2.24) is 15.3 Å². The summed E-state index contributed by atoms with van der Waals surface area (Å²) in [5.41, 5.74) is 8.47. The molecule has 232 valence electrons. The van der Waals surface area contributed by atoms with Crippen LogP contribution < -0.4 is 16.0 Å². The van der Waals surface area contributed by atoms with Crippen molar-refractivity contribution in [3.8, 4) is 0 Å². The number of hydrogen-bond acceptors (Lipinski definition) is 4. The molecule has 0 bridgehead atoms. The van der Waals surface area contributed by atoms with Gasteiger partial charge in [-0.05, 0) is 105 Å². The third-order valence-corrected chi connectivity index (χ3v) is 8.59. The van der Waals surface area contributed by atoms with Crippen LogP contribution in [0.15, 0.2) is 33.5 Å². The van der Waals surface area contributed by atoms with Crippen molar-refractivity contribution in [1.29, 1.82) is 0 Å². The van der Waals surface area contributed by atoms with Gasteiger partial charge in [0, 0.05) is 46.2 Å². The van der Waals surface area contributed by atoms with Crippen LogP contribution in [0.1, 0.15) is 87.0 Å². The maximum absolute atomic E-state index is 12.6. The number of carboxylic acid groups (broad SMARTS) is 2. The lowest BCUT2D eigenvalue weighted by Crippen LogP contribution is -2.17. The molecule has 2 amide bonds. The zero-order chi connectivity index (χ0) is 32.3. The van der Waals surface area contributed by atoms with Crippen LogP contribution in [-0.2, 0) is 32.0 Å². The normalized spacial score (nSPS) is 19.6. The molecule has 2 aromatic heterocycles. The smallest absolute Gasteiger partial charge is 0.303 e. The number of rotatable bonds is 11. The van der Waals surface area contributed by atoms with Crippen molar-refractivity contribution in [3.05, 3.63) is 72.8 Å². The average Bonchev–Trinajstić information content (AvgIpc) is 3.62. The van der Waals surface area contributed by atoms with Gasteiger partial charge in [0.1, 0.15) is 0 Å². The van der Waals surface area contributed by atoms with Crippen molar-refractivity contribution in [2.24, 2.45) is 10.9 Å². The molecule has 4 rings (SSSR count). The van der Waals surface area contributed by atoms with Crippen molar-refractivity contribution >= 4 is 47.7 Å². The van der Waals surface area contributed by atoms with E-state index in [-0.39, 0.29) is 43.4 Å². The summed E-state index contributed by atoms with van der Waals surface area (Å²) in [5, 5.41) is 23.3. The zero-order valence-corrected chi connectivity index (χ0v) is 26.1. The van der Waals surface area contributed by atoms with Gasteiger partial charge in [-0.1, -0.05) is 19.9 Å². The van der Waals surface area contributed by atoms with Crippen LogP contribution in [0.4, 0.5) is 0 Å². The highest BCUT2D eigenvalue weighted by atomic mass is 16.4. The van der Waals surface area contributed by atoms with E-state index in [1.807, 2.05) is 65.8 Å². The summed E-state index contributed by atoms with van der Waals surface area (Å²) in [6, 6.07) is 0. The van der Waals surface area contributed by atoms with Gasteiger partial charge < -0.3 is 25.5 Å². The van der Waals surface area contributed by atoms with Gasteiger partial charge in [0.2, 0.25) is 5.91 Å². The highest BCUT2D eigenvalue weighted by Gasteiger charge is 2.31. The largest absolute Gasteiger partial charge is 0.481 e. The molecule has 0 aromatic carbocycles. The molecule has 1 saturated heterocycles. The molecule has 1 fully saturated rings. The molecule has 0 spiro atoms. The Morgan fingerprint density at radius 1 is 0.864 bits per heavy atom. The fourth-order valence-electron chi connectivity index (χ4n) is 6.06. The predicted octanol–water partition coefficient (Wildman–Crippen LogP) is 3.75. The molecule has 5 N–H and O–H groups in total. The molecule has 0 saturated carbocycles. The van der Waals surface area contributed by atoms with E-state index < -0.39 is 11.9 Å². The Bertz CT molecular complexity index is 1790. The van der Waals surface area contributed by atoms with Crippen LogP contribution in [0.25, 0.3) is 18.2 Å². The van der Waals surface area contributed by atoms with Gasteiger partial charge in [0.05, 0.1) is 11.6 Å². The molecule has 10 heteroatoms. The van der Waals surface area contributed by atoms with Gasteiger partial charge in [-0.2, -0.15) is 0 Å². The second-order valence-electron chi connectivity index (χ2n) is 11.2. The van der Waals surface area contributed by atoms with Crippen LogP contribution in [0.5, 0.6) is 0 Å². The number of hydrogen-bond donors (Lipinski definition) is 5. The number of H-pyrrole nitrogens is 2. The monoisotopic (exact) mass is 600 g/mol. The fraction of sp³-hybridized carbons (Fsp3) is 0.382. The van der Waals surface area contributed by atoms with Crippen molar-refractivity contribution in [2.45, 2.75) is 80.1 Å². The summed E-state index contributed by atoms with van der Waals surface area (Å²) in [5.74, 6) is -2.35. The standard InChI is InChI=1S/C34H40N4O6/c1-7-20-17(4)27(37-33(20)43)14-25-18(5)23(10-12-31(39)40)29(35-25)16-30-24(11-13-32(41)42)19(6)26(36-30)15-28-21(8-2)22(9-3)34(44)38-28/h8,14-16,22,35-36H,7,9-13H2,1-6H3,(H,38,44)(H,39,40)(H,41,42)/b21-8+,25-14-,28-15-,29-16-/t22-/m1/s1. The molecule has 0 radical (unpaired) electrons. The number of aromatic amines is 2. The molecule has 2 aromatic rings. The first-order chi connectivity index (χ1) is 20.9. The molecule has 44 heavy (non-hydrogen) atoms. The minimum atomic E-state index is -0.922. The summed E-state index contributed by atoms with van der Waals surface area (Å²) >= 11 is 0. The Kier molecular flexibility index (Phi) is 9.71. The quantitative estimate of drug-likeness (QED) is 0.264. The highest BCUT2D eigenvalue weighted by Crippen LogP contribution is 2.31. The number of carbonyl (C=O) groups excluding carboxylic acids is 2. The Morgan fingerprint density at radius 2 is 1.52 bits per heavy atom. The number of carboxylic acids is 2. The van der Waals surface area contributed by atoms with Gasteiger partial charge >= 0.3 is 11.9 Å². The van der Waals surface area contributed by atoms with Crippen LogP contribution in [-0.4, -0.2) is 49.6 Å². The highest BCUT2D eigenvalue weighted by molar-refractivity contribution is 6.30. The van der Waals surface area contributed by atoms with E-state index in [0.717, 1.165) is 44.4 Å². The van der Waals surface area contributed by atoms with Crippen molar-refractivity contribution < 1.29 is 29.4 Å². The van der Waals surface area contributed by atoms with Gasteiger partial charge in [0.15, 0.2) is 0 Å². The Balaban J connectivity index is 1.90. The number of amides is 2. The lowest BCUT2D eigenvalue weighted by molar-refractivity contribution is -0.138. The minimum Gasteiger partial charge on any atom is -0.481 e. The van der Waals surface area contributed by atoms with E-state index in [9.17, 15) is 29.4 Å². The van der Waals surface area contributed by atoms with Gasteiger partial charge in [-0.15, -0.1) is 0 Å². The van der Waals surface area contributed by atoms with Gasteiger partial charge in [-0.3, -0.25) is 19.2 Å². The number of aromatic nitrogens is 2. The number of allylic oxidation sites excluding steroid dienone is 3. The van der Waals surface area contributed by atoms with Crippen LogP contribution in [0.3, 0.4) is 0 Å². The van der Waals surface area contributed by atoms with Gasteiger partial charge in [-0.25, -0.2) is 4.99 Å². The summed E-state index contributed by atoms with van der Waals surface area (Å²) in [7, 11) is 0. The minimum absolute atomic E-state index is 0.0487. The average molecular weight is 601 g/mol. The van der Waals surface area contributed by atoms with Gasteiger partial charge in [0.25, 0.3) is 5.91 Å². The number of carbonyl (C=O) groups is 4. The molecule has 0 aliphatic carbocycles. The Labute approximate surface area is 256 Å². The maximum Gasteiger partial charge on any atom is 0.303 e. The molecule has 2 aliphatic heterocycles. The van der Waals surface area contributed by atoms with E-state index in [1.54, 1.807) is 0 Å². The molecule has 1 atom stereocenters. The third kappa shape index (κ3) is 6.44. The molecule has 2 aliphatic rings. The first-order valence-corrected chi connectivity index (χ1v) is 15.0. The second kappa shape index (κ2) is 13.3. The lowest BCUT2D eigenvalue weighted by Gasteiger charge is -2.05. The van der Waals surface area contributed by atoms with E-state index >= 15 is 0 Å².